The van der Waals surface area contributed by atoms with Crippen LogP contribution in [0.25, 0.3) is 45.2 Å². The maximum atomic E-state index is 2.52. The second-order valence-corrected chi connectivity index (χ2v) is 15.6. The lowest BCUT2D eigenvalue weighted by Gasteiger charge is -2.32. The van der Waals surface area contributed by atoms with Gasteiger partial charge in [-0.2, -0.15) is 0 Å². The highest BCUT2D eigenvalue weighted by molar-refractivity contribution is 6.05. The number of para-hydroxylation sites is 2. The summed E-state index contributed by atoms with van der Waals surface area (Å²) in [4.78, 5) is 5.04. The van der Waals surface area contributed by atoms with Gasteiger partial charge < -0.3 is 9.80 Å². The molecule has 0 amide bonds. The predicted molar refractivity (Wildman–Crippen MR) is 226 cm³/mol. The van der Waals surface area contributed by atoms with Crippen LogP contribution >= 0.6 is 0 Å². The number of hydrogen-bond acceptors (Lipinski definition) is 2. The molecule has 0 N–H and O–H groups in total. The van der Waals surface area contributed by atoms with Gasteiger partial charge in [0, 0.05) is 46.6 Å². The summed E-state index contributed by atoms with van der Waals surface area (Å²) in [5, 5.41) is 2.60. The molecule has 258 valence electrons. The molecule has 3 aliphatic rings. The van der Waals surface area contributed by atoms with Crippen molar-refractivity contribution in [2.75, 3.05) is 22.9 Å². The predicted octanol–water partition coefficient (Wildman–Crippen LogP) is 13.2. The maximum absolute atomic E-state index is 2.52. The van der Waals surface area contributed by atoms with Gasteiger partial charge in [0.25, 0.3) is 0 Å². The van der Waals surface area contributed by atoms with Crippen LogP contribution < -0.4 is 9.80 Å². The van der Waals surface area contributed by atoms with E-state index in [-0.39, 0.29) is 5.41 Å². The maximum Gasteiger partial charge on any atom is 0.0490 e. The topological polar surface area (TPSA) is 6.48 Å². The van der Waals surface area contributed by atoms with Crippen molar-refractivity contribution in [3.8, 4) is 22.3 Å². The second-order valence-electron chi connectivity index (χ2n) is 15.6. The van der Waals surface area contributed by atoms with E-state index in [1.165, 1.54) is 102 Å². The van der Waals surface area contributed by atoms with Crippen LogP contribution in [0.4, 0.5) is 22.7 Å². The van der Waals surface area contributed by atoms with Gasteiger partial charge in [-0.25, -0.2) is 0 Å². The van der Waals surface area contributed by atoms with Gasteiger partial charge in [-0.05, 0) is 117 Å². The molecular weight excluding hydrogens is 641 g/mol. The van der Waals surface area contributed by atoms with Crippen LogP contribution in [-0.2, 0) is 18.3 Å². The SMILES string of the molecule is CC1(C)c2cc(/C=C/c3ccc(-c4ccc(N5CCCc6ccccc65)c5ccccc45)cc3)ccc2-c2ccc(N3CCCc4ccccc43)cc21. The lowest BCUT2D eigenvalue weighted by molar-refractivity contribution is 0.659. The monoisotopic (exact) mass is 684 g/mol. The van der Waals surface area contributed by atoms with E-state index in [1.807, 2.05) is 0 Å². The summed E-state index contributed by atoms with van der Waals surface area (Å²) in [6.45, 7) is 6.89. The highest BCUT2D eigenvalue weighted by Crippen LogP contribution is 2.51. The van der Waals surface area contributed by atoms with Crippen molar-refractivity contribution >= 4 is 45.7 Å². The van der Waals surface area contributed by atoms with Gasteiger partial charge in [-0.15, -0.1) is 0 Å². The lowest BCUT2D eigenvalue weighted by Crippen LogP contribution is -2.25. The molecule has 10 rings (SSSR count). The number of anilines is 4. The quantitative estimate of drug-likeness (QED) is 0.167. The molecule has 0 fully saturated rings. The average Bonchev–Trinajstić information content (AvgIpc) is 3.44. The van der Waals surface area contributed by atoms with Gasteiger partial charge >= 0.3 is 0 Å². The van der Waals surface area contributed by atoms with Crippen LogP contribution in [0, 0.1) is 0 Å². The zero-order valence-corrected chi connectivity index (χ0v) is 30.6. The Kier molecular flexibility index (Phi) is 7.61. The van der Waals surface area contributed by atoms with Crippen LogP contribution in [0.15, 0.2) is 146 Å². The first-order chi connectivity index (χ1) is 26.0. The minimum absolute atomic E-state index is 0.0722. The molecule has 0 bridgehead atoms. The first-order valence-electron chi connectivity index (χ1n) is 19.3. The van der Waals surface area contributed by atoms with Gasteiger partial charge in [0.1, 0.15) is 0 Å². The minimum Gasteiger partial charge on any atom is -0.341 e. The number of nitrogens with zero attached hydrogens (tertiary/aromatic N) is 2. The molecular formula is C51H44N2. The largest absolute Gasteiger partial charge is 0.341 e. The zero-order chi connectivity index (χ0) is 35.5. The van der Waals surface area contributed by atoms with Crippen molar-refractivity contribution < 1.29 is 0 Å². The second kappa shape index (κ2) is 12.7. The first kappa shape index (κ1) is 31.8. The highest BCUT2D eigenvalue weighted by Gasteiger charge is 2.36. The van der Waals surface area contributed by atoms with Crippen molar-refractivity contribution in [3.05, 3.63) is 179 Å². The molecule has 2 heterocycles. The molecule has 0 aromatic heterocycles. The third kappa shape index (κ3) is 5.39. The number of benzene rings is 7. The molecule has 0 saturated heterocycles. The minimum atomic E-state index is -0.0722. The Morgan fingerprint density at radius 2 is 1.04 bits per heavy atom. The first-order valence-corrected chi connectivity index (χ1v) is 19.3. The molecule has 7 aromatic carbocycles. The van der Waals surface area contributed by atoms with Gasteiger partial charge in [0.2, 0.25) is 0 Å². The van der Waals surface area contributed by atoms with E-state index in [1.54, 1.807) is 0 Å². The van der Waals surface area contributed by atoms with Gasteiger partial charge in [0.15, 0.2) is 0 Å². The molecule has 53 heavy (non-hydrogen) atoms. The molecule has 0 saturated carbocycles. The van der Waals surface area contributed by atoms with Crippen LogP contribution in [0.3, 0.4) is 0 Å². The lowest BCUT2D eigenvalue weighted by atomic mass is 9.81. The highest BCUT2D eigenvalue weighted by atomic mass is 15.1. The normalized spacial score (nSPS) is 15.7. The van der Waals surface area contributed by atoms with Crippen molar-refractivity contribution in [2.45, 2.75) is 44.9 Å². The molecule has 2 heteroatoms. The third-order valence-corrected chi connectivity index (χ3v) is 12.1. The van der Waals surface area contributed by atoms with Gasteiger partial charge in [-0.3, -0.25) is 0 Å². The third-order valence-electron chi connectivity index (χ3n) is 12.1. The van der Waals surface area contributed by atoms with E-state index in [0.29, 0.717) is 0 Å². The Morgan fingerprint density at radius 3 is 1.79 bits per heavy atom. The van der Waals surface area contributed by atoms with E-state index in [4.69, 9.17) is 0 Å². The molecule has 2 aliphatic heterocycles. The fourth-order valence-electron chi connectivity index (χ4n) is 9.34. The molecule has 2 nitrogen and oxygen atoms in total. The van der Waals surface area contributed by atoms with Crippen molar-refractivity contribution in [1.82, 2.24) is 0 Å². The summed E-state index contributed by atoms with van der Waals surface area (Å²) in [6.07, 6.45) is 9.20. The molecule has 0 atom stereocenters. The summed E-state index contributed by atoms with van der Waals surface area (Å²) in [7, 11) is 0. The summed E-state index contributed by atoms with van der Waals surface area (Å²) in [6, 6.07) is 54.5. The fourth-order valence-corrected chi connectivity index (χ4v) is 9.34. The van der Waals surface area contributed by atoms with Crippen LogP contribution in [0.5, 0.6) is 0 Å². The molecule has 7 aromatic rings. The summed E-state index contributed by atoms with van der Waals surface area (Å²) in [5.74, 6) is 0. The number of rotatable bonds is 5. The smallest absolute Gasteiger partial charge is 0.0490 e. The standard InChI is InChI=1S/C51H44N2/c1-51(2)46-33-36(23-27-43(46)44-28-26-40(34-47(44)51)52-31-9-13-38-11-3-7-17-48(38)52)20-19-35-21-24-37(25-22-35)41-29-30-50(45-16-6-5-15-42(41)45)53-32-10-14-39-12-4-8-18-49(39)53/h3-8,11-12,15-30,33-34H,9-10,13-14,31-32H2,1-2H3/b20-19+. The molecule has 0 radical (unpaired) electrons. The Hall–Kier alpha value is -5.86. The number of fused-ring (bicyclic) bond motifs is 6. The zero-order valence-electron chi connectivity index (χ0n) is 30.6. The van der Waals surface area contributed by atoms with E-state index in [9.17, 15) is 0 Å². The Labute approximate surface area is 313 Å². The van der Waals surface area contributed by atoms with Gasteiger partial charge in [0.05, 0.1) is 0 Å². The summed E-state index contributed by atoms with van der Waals surface area (Å²) in [5.41, 5.74) is 18.6. The fraction of sp³-hybridized carbons (Fsp3) is 0.176. The number of aryl methyl sites for hydroxylation is 2. The van der Waals surface area contributed by atoms with Gasteiger partial charge in [-0.1, -0.05) is 141 Å². The molecule has 1 aliphatic carbocycles. The molecule has 0 unspecified atom stereocenters. The van der Waals surface area contributed by atoms with Crippen molar-refractivity contribution in [2.24, 2.45) is 0 Å². The Morgan fingerprint density at radius 1 is 0.472 bits per heavy atom. The number of hydrogen-bond donors (Lipinski definition) is 0. The van der Waals surface area contributed by atoms with Crippen LogP contribution in [0.1, 0.15) is 60.1 Å². The Bertz CT molecular complexity index is 2550. The molecule has 0 spiro atoms. The van der Waals surface area contributed by atoms with Crippen molar-refractivity contribution in [1.29, 1.82) is 0 Å². The van der Waals surface area contributed by atoms with E-state index in [2.05, 4.69) is 181 Å². The van der Waals surface area contributed by atoms with Crippen LogP contribution in [0.2, 0.25) is 0 Å². The van der Waals surface area contributed by atoms with E-state index >= 15 is 0 Å². The van der Waals surface area contributed by atoms with Crippen LogP contribution in [-0.4, -0.2) is 13.1 Å². The van der Waals surface area contributed by atoms with E-state index < -0.39 is 0 Å². The average molecular weight is 685 g/mol. The van der Waals surface area contributed by atoms with Crippen molar-refractivity contribution in [3.63, 3.8) is 0 Å². The summed E-state index contributed by atoms with van der Waals surface area (Å²) >= 11 is 0. The summed E-state index contributed by atoms with van der Waals surface area (Å²) < 4.78 is 0. The Balaban J connectivity index is 0.908. The van der Waals surface area contributed by atoms with E-state index in [0.717, 1.165) is 25.9 Å².